The fourth-order valence-corrected chi connectivity index (χ4v) is 9.75. The maximum Gasteiger partial charge on any atom is 0.472 e. The number of ether oxygens (including phenoxy) is 1. The van der Waals surface area contributed by atoms with Crippen LogP contribution in [0.1, 0.15) is 24.9 Å². The van der Waals surface area contributed by atoms with Crippen LogP contribution in [-0.4, -0.2) is 98.7 Å². The van der Waals surface area contributed by atoms with E-state index in [1.807, 2.05) is 0 Å². The van der Waals surface area contributed by atoms with Crippen molar-refractivity contribution >= 4 is 49.7 Å². The molecule has 8 rings (SSSR count). The number of rotatable bonds is 3. The van der Waals surface area contributed by atoms with Gasteiger partial charge in [-0.05, 0) is 18.8 Å². The molecule has 0 aromatic carbocycles. The molecule has 4 aromatic heterocycles. The molecule has 3 saturated carbocycles. The van der Waals surface area contributed by atoms with Crippen molar-refractivity contribution in [1.82, 2.24) is 39.0 Å². The van der Waals surface area contributed by atoms with Gasteiger partial charge in [0.2, 0.25) is 5.95 Å². The van der Waals surface area contributed by atoms with Gasteiger partial charge in [0.25, 0.3) is 5.56 Å². The number of nitrogens with two attached hydrogens (primary N) is 2. The number of hydrogen-bond donors (Lipinski definition) is 6. The predicted octanol–water partition coefficient (Wildman–Crippen LogP) is -0.360. The molecule has 47 heavy (non-hydrogen) atoms. The molecule has 21 nitrogen and oxygen atoms in total. The number of phosphoric ester groups is 2. The zero-order valence-electron chi connectivity index (χ0n) is 24.5. The van der Waals surface area contributed by atoms with Crippen LogP contribution >= 0.6 is 15.6 Å². The molecule has 11 atom stereocenters. The molecule has 0 amide bonds. The Bertz CT molecular complexity index is 2060. The first-order valence-electron chi connectivity index (χ1n) is 14.5. The Hall–Kier alpha value is -3.36. The number of fused-ring (bicyclic) bond motifs is 4. The third-order valence-corrected chi connectivity index (χ3v) is 11.7. The van der Waals surface area contributed by atoms with Gasteiger partial charge in [0.05, 0.1) is 44.1 Å². The van der Waals surface area contributed by atoms with Crippen LogP contribution in [0.3, 0.4) is 0 Å². The summed E-state index contributed by atoms with van der Waals surface area (Å²) in [6, 6.07) is -1.62. The molecule has 8 N–H and O–H groups in total. The lowest BCUT2D eigenvalue weighted by Crippen LogP contribution is -2.38. The molecule has 4 aromatic rings. The number of aromatic amines is 1. The van der Waals surface area contributed by atoms with Crippen LogP contribution in [0.5, 0.6) is 0 Å². The number of imidazole rings is 2. The van der Waals surface area contributed by atoms with Gasteiger partial charge in [-0.15, -0.1) is 0 Å². The zero-order chi connectivity index (χ0) is 33.0. The highest BCUT2D eigenvalue weighted by atomic mass is 31.2. The summed E-state index contributed by atoms with van der Waals surface area (Å²) in [6.07, 6.45) is -0.603. The monoisotopic (exact) mass is 696 g/mol. The first-order chi connectivity index (χ1) is 22.3. The molecule has 1 spiro atoms. The van der Waals surface area contributed by atoms with Crippen LogP contribution in [0.4, 0.5) is 11.8 Å². The van der Waals surface area contributed by atoms with Gasteiger partial charge in [0.1, 0.15) is 30.2 Å². The van der Waals surface area contributed by atoms with Crippen molar-refractivity contribution in [2.45, 2.75) is 49.3 Å². The summed E-state index contributed by atoms with van der Waals surface area (Å²) in [7, 11) is -8.44. The summed E-state index contributed by atoms with van der Waals surface area (Å²) >= 11 is 0. The number of hydrogen-bond acceptors (Lipinski definition) is 16. The molecular weight excluding hydrogens is 666 g/mol. The fraction of sp³-hybridized carbons (Fsp3) is 0.583. The SMILES string of the molecule is CO[C@@H]1[C@H]2COP(=O)(O)O[C@H]3[C@@H](O)[C@H](n4cnc5c(N)ncnc54)[C@H]4C[C@]43COP(=O)(O)O[C@H]1[C@H](n1cnc3c(=O)[nH]c(N)nc31)C2. The highest BCUT2D eigenvalue weighted by Crippen LogP contribution is 2.72. The summed E-state index contributed by atoms with van der Waals surface area (Å²) in [5.41, 5.74) is 10.6. The van der Waals surface area contributed by atoms with Crippen molar-refractivity contribution < 1.29 is 46.9 Å². The van der Waals surface area contributed by atoms with Crippen molar-refractivity contribution in [2.24, 2.45) is 17.3 Å². The van der Waals surface area contributed by atoms with Crippen LogP contribution < -0.4 is 17.0 Å². The second-order valence-electron chi connectivity index (χ2n) is 12.2. The standard InChI is InChI=1S/C24H30N10O11P2/c1-41-16-9-2-11(33-7-30-13-21(33)31-23(26)32-22(13)36)17(16)44-47(39,40)43-5-24-3-10(24)14(15(35)18(24)45-46(37,38)42-4-9)34-8-29-12-19(25)27-6-28-20(12)34/h6-11,14-18,35H,2-5H2,1H3,(H,37,38)(H,39,40)(H2,25,27,28)(H3,26,31,32,36)/t9-,10-,11-,14-,15+,16-,17+,18+,24+/m1/s1. The summed E-state index contributed by atoms with van der Waals surface area (Å²) in [6.45, 7) is -0.902. The molecule has 23 heteroatoms. The third-order valence-electron chi connectivity index (χ3n) is 9.77. The first-order valence-corrected chi connectivity index (χ1v) is 17.5. The van der Waals surface area contributed by atoms with E-state index in [9.17, 15) is 28.8 Å². The van der Waals surface area contributed by atoms with Crippen molar-refractivity contribution in [3.8, 4) is 0 Å². The first kappa shape index (κ1) is 30.9. The number of aliphatic hydroxyl groups excluding tert-OH is 1. The van der Waals surface area contributed by atoms with Crippen LogP contribution in [-0.2, 0) is 32.0 Å². The molecular formula is C24H30N10O11P2. The topological polar surface area (TPSA) is 300 Å². The summed E-state index contributed by atoms with van der Waals surface area (Å²) in [5, 5.41) is 11.5. The second-order valence-corrected chi connectivity index (χ2v) is 15.1. The molecule has 4 fully saturated rings. The van der Waals surface area contributed by atoms with Gasteiger partial charge in [-0.25, -0.2) is 29.1 Å². The molecule has 1 saturated heterocycles. The largest absolute Gasteiger partial charge is 0.472 e. The summed E-state index contributed by atoms with van der Waals surface area (Å²) < 4.78 is 58.3. The molecule has 252 valence electrons. The Kier molecular flexibility index (Phi) is 6.96. The highest BCUT2D eigenvalue weighted by Gasteiger charge is 2.74. The highest BCUT2D eigenvalue weighted by molar-refractivity contribution is 7.47. The quantitative estimate of drug-likeness (QED) is 0.149. The Balaban J connectivity index is 1.15. The lowest BCUT2D eigenvalue weighted by Gasteiger charge is -2.30. The molecule has 5 heterocycles. The normalized spacial score (nSPS) is 40.4. The van der Waals surface area contributed by atoms with Crippen molar-refractivity contribution in [1.29, 1.82) is 0 Å². The van der Waals surface area contributed by atoms with Gasteiger partial charge in [-0.1, -0.05) is 0 Å². The van der Waals surface area contributed by atoms with Gasteiger partial charge in [-0.2, -0.15) is 4.98 Å². The average molecular weight is 697 g/mol. The number of phosphoric acid groups is 2. The molecule has 2 bridgehead atoms. The smallest absolute Gasteiger partial charge is 0.388 e. The van der Waals surface area contributed by atoms with E-state index in [2.05, 4.69) is 29.9 Å². The number of nitrogens with zero attached hydrogens (tertiary/aromatic N) is 7. The second kappa shape index (κ2) is 10.6. The molecule has 3 aliphatic carbocycles. The predicted molar refractivity (Wildman–Crippen MR) is 157 cm³/mol. The maximum atomic E-state index is 13.6. The van der Waals surface area contributed by atoms with Gasteiger partial charge < -0.3 is 40.2 Å². The Morgan fingerprint density at radius 1 is 1.04 bits per heavy atom. The van der Waals surface area contributed by atoms with Gasteiger partial charge in [-0.3, -0.25) is 27.9 Å². The van der Waals surface area contributed by atoms with Crippen molar-refractivity contribution in [2.75, 3.05) is 31.8 Å². The average Bonchev–Trinajstić information content (AvgIpc) is 3.30. The number of aliphatic hydroxyl groups is 1. The van der Waals surface area contributed by atoms with E-state index in [0.717, 1.165) is 0 Å². The molecule has 2 unspecified atom stereocenters. The minimum Gasteiger partial charge on any atom is -0.388 e. The van der Waals surface area contributed by atoms with E-state index in [1.165, 1.54) is 30.7 Å². The van der Waals surface area contributed by atoms with E-state index >= 15 is 0 Å². The van der Waals surface area contributed by atoms with E-state index in [1.54, 1.807) is 4.57 Å². The van der Waals surface area contributed by atoms with Crippen LogP contribution in [0.2, 0.25) is 0 Å². The summed E-state index contributed by atoms with van der Waals surface area (Å²) in [5.74, 6) is -1.23. The zero-order valence-corrected chi connectivity index (χ0v) is 26.3. The molecule has 1 aliphatic heterocycles. The molecule has 0 radical (unpaired) electrons. The number of nitrogens with one attached hydrogen (secondary N) is 1. The third kappa shape index (κ3) is 4.84. The lowest BCUT2D eigenvalue weighted by molar-refractivity contribution is -0.0350. The Labute approximate surface area is 263 Å². The number of aromatic nitrogens is 8. The number of H-pyrrole nitrogens is 1. The van der Waals surface area contributed by atoms with E-state index < -0.39 is 88.2 Å². The van der Waals surface area contributed by atoms with Crippen molar-refractivity contribution in [3.05, 3.63) is 29.3 Å². The number of anilines is 2. The molecule has 4 aliphatic rings. The van der Waals surface area contributed by atoms with E-state index in [-0.39, 0.29) is 35.8 Å². The van der Waals surface area contributed by atoms with E-state index in [4.69, 9.17) is 34.3 Å². The Morgan fingerprint density at radius 2 is 1.79 bits per heavy atom. The van der Waals surface area contributed by atoms with Crippen LogP contribution in [0.15, 0.2) is 23.8 Å². The Morgan fingerprint density at radius 3 is 2.57 bits per heavy atom. The van der Waals surface area contributed by atoms with Gasteiger partial charge in [0.15, 0.2) is 22.6 Å². The van der Waals surface area contributed by atoms with Gasteiger partial charge >= 0.3 is 15.6 Å². The van der Waals surface area contributed by atoms with E-state index in [0.29, 0.717) is 11.2 Å². The fourth-order valence-electron chi connectivity index (χ4n) is 7.65. The van der Waals surface area contributed by atoms with Gasteiger partial charge in [0, 0.05) is 18.4 Å². The minimum atomic E-state index is -4.90. The number of nitrogen functional groups attached to an aromatic ring is 2. The maximum absolute atomic E-state index is 13.6. The van der Waals surface area contributed by atoms with Crippen LogP contribution in [0, 0.1) is 17.3 Å². The minimum absolute atomic E-state index is 0.0307. The number of methoxy groups -OCH3 is 1. The van der Waals surface area contributed by atoms with Crippen LogP contribution in [0.25, 0.3) is 22.3 Å². The van der Waals surface area contributed by atoms with Crippen molar-refractivity contribution in [3.63, 3.8) is 0 Å². The summed E-state index contributed by atoms with van der Waals surface area (Å²) in [4.78, 5) is 57.6. The lowest BCUT2D eigenvalue weighted by atomic mass is 10.0.